The lowest BCUT2D eigenvalue weighted by Gasteiger charge is -2.14. The highest BCUT2D eigenvalue weighted by atomic mass is 19.1. The Morgan fingerprint density at radius 2 is 1.93 bits per heavy atom. The van der Waals surface area contributed by atoms with Crippen molar-refractivity contribution in [2.75, 3.05) is 13.1 Å². The lowest BCUT2D eigenvalue weighted by atomic mass is 10.2. The molecule has 1 saturated heterocycles. The first kappa shape index (κ1) is 10.5. The molecule has 3 nitrogen and oxygen atoms in total. The van der Waals surface area contributed by atoms with Crippen molar-refractivity contribution in [3.63, 3.8) is 0 Å². The maximum Gasteiger partial charge on any atom is 0.123 e. The molecule has 15 heavy (non-hydrogen) atoms. The molecule has 1 fully saturated rings. The Morgan fingerprint density at radius 3 is 2.53 bits per heavy atom. The summed E-state index contributed by atoms with van der Waals surface area (Å²) >= 11 is 0. The predicted octanol–water partition coefficient (Wildman–Crippen LogP) is 0.363. The average Bonchev–Trinajstić information content (AvgIpc) is 2.45. The summed E-state index contributed by atoms with van der Waals surface area (Å²) in [5.74, 6) is -0.257. The molecular weight excluding hydrogens is 197 g/mol. The normalized spacial score (nSPS) is 27.1. The summed E-state index contributed by atoms with van der Waals surface area (Å²) in [5, 5.41) is 18.7. The summed E-state index contributed by atoms with van der Waals surface area (Å²) in [6.45, 7) is 1.45. The zero-order valence-electron chi connectivity index (χ0n) is 8.31. The van der Waals surface area contributed by atoms with Gasteiger partial charge in [-0.15, -0.1) is 0 Å². The molecule has 82 valence electrons. The highest BCUT2D eigenvalue weighted by Gasteiger charge is 2.29. The van der Waals surface area contributed by atoms with Gasteiger partial charge in [-0.2, -0.15) is 0 Å². The standard InChI is InChI=1S/C11H14FNO2/c12-9-3-1-2-8(4-9)5-13-6-10(14)11(15)7-13/h1-4,10-11,14-15H,5-7H2. The van der Waals surface area contributed by atoms with Crippen LogP contribution in [0.2, 0.25) is 0 Å². The zero-order valence-corrected chi connectivity index (χ0v) is 8.31. The molecule has 0 aromatic heterocycles. The van der Waals surface area contributed by atoms with E-state index in [9.17, 15) is 14.6 Å². The SMILES string of the molecule is OC1CN(Cc2cccc(F)c2)CC1O. The lowest BCUT2D eigenvalue weighted by Crippen LogP contribution is -2.22. The van der Waals surface area contributed by atoms with Gasteiger partial charge < -0.3 is 10.2 Å². The number of β-amino-alcohol motifs (C(OH)–C–C–N with tert-alkyl or cyclic N) is 2. The Hall–Kier alpha value is -0.970. The van der Waals surface area contributed by atoms with Crippen LogP contribution in [0.4, 0.5) is 4.39 Å². The van der Waals surface area contributed by atoms with Crippen LogP contribution in [0, 0.1) is 5.82 Å². The average molecular weight is 211 g/mol. The van der Waals surface area contributed by atoms with E-state index in [-0.39, 0.29) is 5.82 Å². The van der Waals surface area contributed by atoms with E-state index in [4.69, 9.17) is 0 Å². The summed E-state index contributed by atoms with van der Waals surface area (Å²) in [6, 6.07) is 6.36. The minimum atomic E-state index is -0.682. The minimum Gasteiger partial charge on any atom is -0.389 e. The number of rotatable bonds is 2. The Labute approximate surface area is 87.8 Å². The van der Waals surface area contributed by atoms with E-state index < -0.39 is 12.2 Å². The molecule has 2 rings (SSSR count). The first-order valence-corrected chi connectivity index (χ1v) is 4.98. The molecule has 0 saturated carbocycles. The number of aliphatic hydroxyl groups is 2. The maximum atomic E-state index is 12.9. The van der Waals surface area contributed by atoms with Gasteiger partial charge in [0.1, 0.15) is 5.82 Å². The molecule has 0 bridgehead atoms. The van der Waals surface area contributed by atoms with Crippen LogP contribution < -0.4 is 0 Å². The van der Waals surface area contributed by atoms with Gasteiger partial charge >= 0.3 is 0 Å². The fraction of sp³-hybridized carbons (Fsp3) is 0.455. The summed E-state index contributed by atoms with van der Waals surface area (Å²) in [7, 11) is 0. The van der Waals surface area contributed by atoms with Crippen molar-refractivity contribution >= 4 is 0 Å². The second kappa shape index (κ2) is 4.26. The van der Waals surface area contributed by atoms with E-state index in [2.05, 4.69) is 0 Å². The molecular formula is C11H14FNO2. The molecule has 0 spiro atoms. The van der Waals surface area contributed by atoms with E-state index in [1.807, 2.05) is 11.0 Å². The fourth-order valence-electron chi connectivity index (χ4n) is 1.87. The highest BCUT2D eigenvalue weighted by Crippen LogP contribution is 2.14. The smallest absolute Gasteiger partial charge is 0.123 e. The van der Waals surface area contributed by atoms with Crippen molar-refractivity contribution in [2.45, 2.75) is 18.8 Å². The highest BCUT2D eigenvalue weighted by molar-refractivity contribution is 5.16. The first-order chi connectivity index (χ1) is 7.15. The van der Waals surface area contributed by atoms with Crippen LogP contribution in [0.25, 0.3) is 0 Å². The summed E-state index contributed by atoms with van der Waals surface area (Å²) in [6.07, 6.45) is -1.36. The van der Waals surface area contributed by atoms with Gasteiger partial charge in [-0.25, -0.2) is 4.39 Å². The van der Waals surface area contributed by atoms with Gasteiger partial charge in [0.2, 0.25) is 0 Å². The Kier molecular flexibility index (Phi) is 3.00. The van der Waals surface area contributed by atoms with Crippen molar-refractivity contribution in [2.24, 2.45) is 0 Å². The van der Waals surface area contributed by atoms with E-state index in [0.29, 0.717) is 19.6 Å². The van der Waals surface area contributed by atoms with Crippen LogP contribution in [0.3, 0.4) is 0 Å². The molecule has 2 N–H and O–H groups in total. The van der Waals surface area contributed by atoms with Crippen molar-refractivity contribution in [3.8, 4) is 0 Å². The number of hydrogen-bond acceptors (Lipinski definition) is 3. The topological polar surface area (TPSA) is 43.7 Å². The predicted molar refractivity (Wildman–Crippen MR) is 53.7 cm³/mol. The van der Waals surface area contributed by atoms with Crippen LogP contribution in [0.5, 0.6) is 0 Å². The largest absolute Gasteiger partial charge is 0.389 e. The summed E-state index contributed by atoms with van der Waals surface area (Å²) in [5.41, 5.74) is 0.858. The van der Waals surface area contributed by atoms with Gasteiger partial charge in [0, 0.05) is 19.6 Å². The number of nitrogens with zero attached hydrogens (tertiary/aromatic N) is 1. The van der Waals surface area contributed by atoms with E-state index >= 15 is 0 Å². The van der Waals surface area contributed by atoms with E-state index in [0.717, 1.165) is 5.56 Å². The van der Waals surface area contributed by atoms with Gasteiger partial charge in [0.25, 0.3) is 0 Å². The first-order valence-electron chi connectivity index (χ1n) is 4.98. The summed E-state index contributed by atoms with van der Waals surface area (Å²) < 4.78 is 12.9. The quantitative estimate of drug-likeness (QED) is 0.742. The molecule has 1 aromatic rings. The number of hydrogen-bond donors (Lipinski definition) is 2. The summed E-state index contributed by atoms with van der Waals surface area (Å²) in [4.78, 5) is 1.91. The Balaban J connectivity index is 1.98. The molecule has 1 aliphatic rings. The van der Waals surface area contributed by atoms with Gasteiger partial charge in [-0.05, 0) is 17.7 Å². The zero-order chi connectivity index (χ0) is 10.8. The number of aliphatic hydroxyl groups excluding tert-OH is 2. The lowest BCUT2D eigenvalue weighted by molar-refractivity contribution is 0.0572. The van der Waals surface area contributed by atoms with Crippen LogP contribution in [0.15, 0.2) is 24.3 Å². The van der Waals surface area contributed by atoms with Crippen molar-refractivity contribution in [1.29, 1.82) is 0 Å². The molecule has 2 unspecified atom stereocenters. The van der Waals surface area contributed by atoms with Gasteiger partial charge in [-0.1, -0.05) is 12.1 Å². The third-order valence-corrected chi connectivity index (χ3v) is 2.63. The molecule has 0 aliphatic carbocycles. The molecule has 1 aliphatic heterocycles. The van der Waals surface area contributed by atoms with E-state index in [1.165, 1.54) is 12.1 Å². The molecule has 2 atom stereocenters. The molecule has 4 heteroatoms. The molecule has 1 aromatic carbocycles. The Bertz CT molecular complexity index is 335. The molecule has 1 heterocycles. The van der Waals surface area contributed by atoms with Crippen LogP contribution in [0.1, 0.15) is 5.56 Å². The van der Waals surface area contributed by atoms with E-state index in [1.54, 1.807) is 6.07 Å². The third kappa shape index (κ3) is 2.53. The fourth-order valence-corrected chi connectivity index (χ4v) is 1.87. The van der Waals surface area contributed by atoms with Gasteiger partial charge in [-0.3, -0.25) is 4.90 Å². The third-order valence-electron chi connectivity index (χ3n) is 2.63. The van der Waals surface area contributed by atoms with Crippen molar-refractivity contribution in [3.05, 3.63) is 35.6 Å². The monoisotopic (exact) mass is 211 g/mol. The van der Waals surface area contributed by atoms with Crippen LogP contribution in [-0.4, -0.2) is 40.4 Å². The minimum absolute atomic E-state index is 0.257. The Morgan fingerprint density at radius 1 is 1.27 bits per heavy atom. The van der Waals surface area contributed by atoms with Gasteiger partial charge in [0.05, 0.1) is 12.2 Å². The van der Waals surface area contributed by atoms with Gasteiger partial charge in [0.15, 0.2) is 0 Å². The second-order valence-corrected chi connectivity index (χ2v) is 3.96. The van der Waals surface area contributed by atoms with Crippen molar-refractivity contribution < 1.29 is 14.6 Å². The van der Waals surface area contributed by atoms with Crippen LogP contribution >= 0.6 is 0 Å². The number of halogens is 1. The second-order valence-electron chi connectivity index (χ2n) is 3.96. The maximum absolute atomic E-state index is 12.9. The number of benzene rings is 1. The van der Waals surface area contributed by atoms with Crippen LogP contribution in [-0.2, 0) is 6.54 Å². The molecule has 0 amide bonds. The van der Waals surface area contributed by atoms with Crippen molar-refractivity contribution in [1.82, 2.24) is 4.90 Å². The number of likely N-dealkylation sites (tertiary alicyclic amines) is 1. The molecule has 0 radical (unpaired) electrons.